The number of carbonyl (C=O) groups is 2. The molecule has 10 heteroatoms. The molecule has 0 spiro atoms. The topological polar surface area (TPSA) is 148 Å². The van der Waals surface area contributed by atoms with E-state index in [2.05, 4.69) is 33.1 Å². The number of carbonyl (C=O) groups excluding carboxylic acids is 2. The fourth-order valence-electron chi connectivity index (χ4n) is 5.46. The normalized spacial score (nSPS) is 18.1. The van der Waals surface area contributed by atoms with Crippen molar-refractivity contribution in [3.8, 4) is 0 Å². The van der Waals surface area contributed by atoms with Gasteiger partial charge in [0.2, 0.25) is 5.91 Å². The van der Waals surface area contributed by atoms with Gasteiger partial charge in [-0.2, -0.15) is 0 Å². The third-order valence-electron chi connectivity index (χ3n) is 7.57. The van der Waals surface area contributed by atoms with E-state index in [1.807, 2.05) is 60.5 Å². The summed E-state index contributed by atoms with van der Waals surface area (Å²) in [7, 11) is 0. The van der Waals surface area contributed by atoms with Gasteiger partial charge in [-0.25, -0.2) is 4.79 Å². The number of guanidine groups is 1. The smallest absolute Gasteiger partial charge is 0.407 e. The van der Waals surface area contributed by atoms with Crippen molar-refractivity contribution in [3.63, 3.8) is 0 Å². The number of alkyl carbamates (subject to hydrolysis) is 1. The van der Waals surface area contributed by atoms with Crippen LogP contribution in [0.4, 0.5) is 4.79 Å². The maximum atomic E-state index is 13.8. The highest BCUT2D eigenvalue weighted by Gasteiger charge is 2.34. The summed E-state index contributed by atoms with van der Waals surface area (Å²) in [6.45, 7) is 4.01. The molecule has 1 aliphatic rings. The molecule has 1 saturated heterocycles. The highest BCUT2D eigenvalue weighted by molar-refractivity contribution is 5.84. The van der Waals surface area contributed by atoms with Crippen molar-refractivity contribution in [2.75, 3.05) is 26.2 Å². The van der Waals surface area contributed by atoms with Crippen LogP contribution in [0.15, 0.2) is 60.8 Å². The second-order valence-corrected chi connectivity index (χ2v) is 10.6. The molecule has 2 heterocycles. The van der Waals surface area contributed by atoms with E-state index in [1.165, 1.54) is 10.9 Å². The zero-order chi connectivity index (χ0) is 29.0. The average molecular weight is 562 g/mol. The second kappa shape index (κ2) is 15.1. The number of hydrogen-bond donors (Lipinski definition) is 6. The quantitative estimate of drug-likeness (QED) is 0.107. The van der Waals surface area contributed by atoms with Gasteiger partial charge in [-0.15, -0.1) is 0 Å². The molecule has 10 nitrogen and oxygen atoms in total. The Morgan fingerprint density at radius 2 is 1.98 bits per heavy atom. The molecule has 0 unspecified atom stereocenters. The van der Waals surface area contributed by atoms with Crippen molar-refractivity contribution in [2.45, 2.75) is 63.6 Å². The Hall–Kier alpha value is -4.05. The summed E-state index contributed by atoms with van der Waals surface area (Å²) < 4.78 is 5.37. The number of nitrogens with one attached hydrogen (secondary N) is 5. The van der Waals surface area contributed by atoms with Crippen LogP contribution in [0.25, 0.3) is 10.9 Å². The number of hydrogen-bond acceptors (Lipinski definition) is 5. The number of nitrogens with zero attached hydrogens (tertiary/aromatic N) is 1. The molecule has 1 aromatic heterocycles. The van der Waals surface area contributed by atoms with Gasteiger partial charge in [0.25, 0.3) is 0 Å². The van der Waals surface area contributed by atoms with E-state index in [4.69, 9.17) is 15.9 Å². The third-order valence-corrected chi connectivity index (χ3v) is 7.57. The molecule has 41 heavy (non-hydrogen) atoms. The summed E-state index contributed by atoms with van der Waals surface area (Å²) in [4.78, 5) is 31.8. The van der Waals surface area contributed by atoms with E-state index < -0.39 is 12.1 Å². The summed E-state index contributed by atoms with van der Waals surface area (Å²) in [5.74, 6) is -0.0247. The minimum atomic E-state index is -0.441. The van der Waals surface area contributed by atoms with Gasteiger partial charge in [-0.05, 0) is 55.7 Å². The first-order chi connectivity index (χ1) is 19.9. The molecule has 2 aromatic carbocycles. The summed E-state index contributed by atoms with van der Waals surface area (Å²) in [5.41, 5.74) is 8.83. The van der Waals surface area contributed by atoms with Gasteiger partial charge < -0.3 is 36.3 Å². The first kappa shape index (κ1) is 29.9. The summed E-state index contributed by atoms with van der Waals surface area (Å²) >= 11 is 0. The molecular weight excluding hydrogens is 518 g/mol. The van der Waals surface area contributed by atoms with Gasteiger partial charge in [0.05, 0.1) is 18.7 Å². The fraction of sp³-hybridized carbons (Fsp3) is 0.452. The van der Waals surface area contributed by atoms with Crippen LogP contribution in [-0.2, 0) is 22.4 Å². The van der Waals surface area contributed by atoms with Crippen LogP contribution in [-0.4, -0.2) is 72.2 Å². The lowest BCUT2D eigenvalue weighted by Gasteiger charge is -2.30. The maximum Gasteiger partial charge on any atom is 0.407 e. The van der Waals surface area contributed by atoms with E-state index in [0.29, 0.717) is 51.9 Å². The van der Waals surface area contributed by atoms with Crippen LogP contribution in [0, 0.1) is 5.41 Å². The summed E-state index contributed by atoms with van der Waals surface area (Å²) in [6, 6.07) is 17.4. The molecule has 3 atom stereocenters. The fourth-order valence-corrected chi connectivity index (χ4v) is 5.46. The van der Waals surface area contributed by atoms with Crippen molar-refractivity contribution in [1.29, 1.82) is 5.41 Å². The number of amides is 2. The minimum absolute atomic E-state index is 0.0576. The zero-order valence-corrected chi connectivity index (χ0v) is 23.8. The van der Waals surface area contributed by atoms with Crippen molar-refractivity contribution in [1.82, 2.24) is 25.8 Å². The highest BCUT2D eigenvalue weighted by Crippen LogP contribution is 2.21. The van der Waals surface area contributed by atoms with E-state index in [-0.39, 0.29) is 24.0 Å². The van der Waals surface area contributed by atoms with Gasteiger partial charge in [0.1, 0.15) is 0 Å². The Kier molecular flexibility index (Phi) is 11.0. The number of para-hydroxylation sites is 1. The second-order valence-electron chi connectivity index (χ2n) is 10.6. The summed E-state index contributed by atoms with van der Waals surface area (Å²) in [6.07, 6.45) is 5.63. The number of rotatable bonds is 13. The Morgan fingerprint density at radius 3 is 2.76 bits per heavy atom. The van der Waals surface area contributed by atoms with Crippen molar-refractivity contribution >= 4 is 28.9 Å². The molecule has 0 aliphatic carbocycles. The number of ether oxygens (including phenoxy) is 1. The molecule has 2 amide bonds. The lowest BCUT2D eigenvalue weighted by atomic mass is 9.96. The number of nitrogens with two attached hydrogens (primary N) is 1. The van der Waals surface area contributed by atoms with Gasteiger partial charge in [-0.1, -0.05) is 55.5 Å². The molecule has 0 radical (unpaired) electrons. The lowest BCUT2D eigenvalue weighted by Crippen LogP contribution is -2.55. The first-order valence-electron chi connectivity index (χ1n) is 14.6. The van der Waals surface area contributed by atoms with Crippen LogP contribution in [0.1, 0.15) is 43.7 Å². The van der Waals surface area contributed by atoms with E-state index in [1.54, 1.807) is 0 Å². The molecule has 1 aliphatic heterocycles. The van der Waals surface area contributed by atoms with Gasteiger partial charge in [0, 0.05) is 42.8 Å². The number of benzene rings is 2. The van der Waals surface area contributed by atoms with Gasteiger partial charge >= 0.3 is 6.09 Å². The number of aromatic amines is 1. The molecule has 0 saturated carbocycles. The molecule has 220 valence electrons. The Morgan fingerprint density at radius 1 is 1.20 bits per heavy atom. The van der Waals surface area contributed by atoms with Crippen LogP contribution < -0.4 is 21.7 Å². The van der Waals surface area contributed by atoms with Crippen molar-refractivity contribution in [3.05, 3.63) is 71.9 Å². The predicted octanol–water partition coefficient (Wildman–Crippen LogP) is 3.28. The Bertz CT molecular complexity index is 1280. The number of fused-ring (bicyclic) bond motifs is 1. The highest BCUT2D eigenvalue weighted by atomic mass is 16.5. The maximum absolute atomic E-state index is 13.8. The van der Waals surface area contributed by atoms with E-state index in [0.717, 1.165) is 23.9 Å². The van der Waals surface area contributed by atoms with E-state index >= 15 is 0 Å². The first-order valence-corrected chi connectivity index (χ1v) is 14.6. The van der Waals surface area contributed by atoms with Gasteiger partial charge in [-0.3, -0.25) is 10.2 Å². The molecule has 3 aromatic rings. The van der Waals surface area contributed by atoms with Crippen LogP contribution in [0.2, 0.25) is 0 Å². The van der Waals surface area contributed by atoms with Crippen LogP contribution >= 0.6 is 0 Å². The largest absolute Gasteiger partial charge is 0.450 e. The minimum Gasteiger partial charge on any atom is -0.450 e. The van der Waals surface area contributed by atoms with Crippen molar-refractivity contribution < 1.29 is 14.3 Å². The van der Waals surface area contributed by atoms with Crippen molar-refractivity contribution in [2.24, 2.45) is 5.73 Å². The number of H-pyrrole nitrogens is 1. The molecule has 4 rings (SSSR count). The SMILES string of the molecule is CCCOC(=O)N[C@H](Cc1ccccc1)[C@H]1CCN(CCc2c[nH]c3ccccc23)C(=O)[C@@H](CCCNC(=N)N)N1. The molecule has 1 fully saturated rings. The summed E-state index contributed by atoms with van der Waals surface area (Å²) in [5, 5.41) is 18.1. The monoisotopic (exact) mass is 561 g/mol. The zero-order valence-electron chi connectivity index (χ0n) is 23.8. The Labute approximate surface area is 241 Å². The molecule has 0 bridgehead atoms. The van der Waals surface area contributed by atoms with Crippen LogP contribution in [0.5, 0.6) is 0 Å². The lowest BCUT2D eigenvalue weighted by molar-refractivity contribution is -0.132. The average Bonchev–Trinajstić information content (AvgIpc) is 3.32. The molecular formula is C31H43N7O3. The van der Waals surface area contributed by atoms with Crippen LogP contribution in [0.3, 0.4) is 0 Å². The van der Waals surface area contributed by atoms with E-state index in [9.17, 15) is 9.59 Å². The predicted molar refractivity (Wildman–Crippen MR) is 162 cm³/mol. The standard InChI is InChI=1S/C31H43N7O3/c1-2-19-41-31(40)37-28(20-22-9-4-3-5-10-22)26-15-18-38(29(39)27(36-26)13-8-16-34-30(32)33)17-14-23-21-35-25-12-7-6-11-24(23)25/h3-7,9-12,21,26-28,35-36H,2,8,13-20H2,1H3,(H,37,40)(H4,32,33,34)/t26-,27-,28-/m1/s1. The molecule has 7 N–H and O–H groups in total. The third kappa shape index (κ3) is 8.72. The number of aromatic nitrogens is 1. The van der Waals surface area contributed by atoms with Gasteiger partial charge in [0.15, 0.2) is 5.96 Å². The Balaban J connectivity index is 1.51.